The normalized spacial score (nSPS) is 13.3. The second kappa shape index (κ2) is 12.4. The average Bonchev–Trinajstić information content (AvgIpc) is 3.31. The van der Waals surface area contributed by atoms with Crippen molar-refractivity contribution in [1.29, 1.82) is 0 Å². The van der Waals surface area contributed by atoms with Crippen LogP contribution in [0, 0.1) is 3.57 Å². The smallest absolute Gasteiger partial charge is 0.310 e. The van der Waals surface area contributed by atoms with Crippen molar-refractivity contribution in [2.75, 3.05) is 6.61 Å². The number of rotatable bonds is 10. The van der Waals surface area contributed by atoms with Gasteiger partial charge in [0.15, 0.2) is 0 Å². The summed E-state index contributed by atoms with van der Waals surface area (Å²) < 4.78 is 34.4. The monoisotopic (exact) mass is 645 g/mol. The second-order valence-corrected chi connectivity index (χ2v) is 13.0. The lowest BCUT2D eigenvalue weighted by Crippen LogP contribution is -2.36. The molecule has 0 aliphatic carbocycles. The van der Waals surface area contributed by atoms with Crippen LogP contribution in [0.3, 0.4) is 0 Å². The van der Waals surface area contributed by atoms with E-state index in [0.717, 1.165) is 31.2 Å². The minimum atomic E-state index is -1.30. The quantitative estimate of drug-likeness (QED) is 0.151. The first kappa shape index (κ1) is 28.3. The number of esters is 1. The molecule has 38 heavy (non-hydrogen) atoms. The van der Waals surface area contributed by atoms with Crippen LogP contribution in [-0.2, 0) is 33.5 Å². The van der Waals surface area contributed by atoms with Crippen molar-refractivity contribution in [2.45, 2.75) is 51.5 Å². The average molecular weight is 646 g/mol. The van der Waals surface area contributed by atoms with Crippen molar-refractivity contribution in [1.82, 2.24) is 4.72 Å². The van der Waals surface area contributed by atoms with E-state index in [1.54, 1.807) is 6.92 Å². The maximum atomic E-state index is 13.0. The number of benzene rings is 3. The summed E-state index contributed by atoms with van der Waals surface area (Å²) in [6, 6.07) is 23.1. The lowest BCUT2D eigenvalue weighted by atomic mass is 10.1. The van der Waals surface area contributed by atoms with Crippen LogP contribution in [0.2, 0.25) is 0 Å². The predicted molar refractivity (Wildman–Crippen MR) is 159 cm³/mol. The van der Waals surface area contributed by atoms with Crippen molar-refractivity contribution < 1.29 is 22.9 Å². The van der Waals surface area contributed by atoms with Gasteiger partial charge in [-0.05, 0) is 85.7 Å². The third kappa shape index (κ3) is 7.03. The van der Waals surface area contributed by atoms with Gasteiger partial charge in [-0.25, -0.2) is 8.93 Å². The highest BCUT2D eigenvalue weighted by Gasteiger charge is 2.27. The van der Waals surface area contributed by atoms with E-state index in [4.69, 9.17) is 13.9 Å². The van der Waals surface area contributed by atoms with Crippen molar-refractivity contribution in [2.24, 2.45) is 0 Å². The van der Waals surface area contributed by atoms with Crippen molar-refractivity contribution >= 4 is 50.5 Å². The second-order valence-electron chi connectivity index (χ2n) is 9.87. The number of hydrogen-bond donors (Lipinski definition) is 1. The van der Waals surface area contributed by atoms with Crippen LogP contribution in [0.1, 0.15) is 56.2 Å². The summed E-state index contributed by atoms with van der Waals surface area (Å²) >= 11 is 2.27. The molecule has 0 amide bonds. The molecule has 0 aliphatic heterocycles. The van der Waals surface area contributed by atoms with Gasteiger partial charge >= 0.3 is 5.97 Å². The van der Waals surface area contributed by atoms with Gasteiger partial charge in [0, 0.05) is 10.9 Å². The number of para-hydroxylation sites is 1. The number of halogens is 1. The number of carbonyl (C=O) groups is 1. The van der Waals surface area contributed by atoms with Crippen LogP contribution >= 0.6 is 22.6 Å². The summed E-state index contributed by atoms with van der Waals surface area (Å²) in [5, 5.41) is 0.939. The van der Waals surface area contributed by atoms with Crippen molar-refractivity contribution in [3.8, 4) is 5.75 Å². The van der Waals surface area contributed by atoms with Gasteiger partial charge in [0.1, 0.15) is 29.7 Å². The Morgan fingerprint density at radius 3 is 2.47 bits per heavy atom. The molecule has 1 aromatic heterocycles. The van der Waals surface area contributed by atoms with E-state index in [1.165, 1.54) is 0 Å². The Morgan fingerprint density at radius 1 is 1.05 bits per heavy atom. The van der Waals surface area contributed by atoms with Crippen LogP contribution in [0.5, 0.6) is 5.75 Å². The van der Waals surface area contributed by atoms with E-state index in [2.05, 4.69) is 27.3 Å². The molecular formula is C30H32INO5S. The molecule has 0 fully saturated rings. The predicted octanol–water partition coefficient (Wildman–Crippen LogP) is 6.86. The molecule has 3 aromatic carbocycles. The minimum absolute atomic E-state index is 0.162. The van der Waals surface area contributed by atoms with Crippen molar-refractivity contribution in [3.63, 3.8) is 0 Å². The van der Waals surface area contributed by atoms with Gasteiger partial charge < -0.3 is 13.9 Å². The van der Waals surface area contributed by atoms with E-state index < -0.39 is 15.7 Å². The Labute approximate surface area is 239 Å². The van der Waals surface area contributed by atoms with E-state index >= 15 is 0 Å². The van der Waals surface area contributed by atoms with Gasteiger partial charge in [-0.2, -0.15) is 0 Å². The third-order valence-electron chi connectivity index (χ3n) is 5.86. The van der Waals surface area contributed by atoms with Crippen LogP contribution in [-0.4, -0.2) is 21.5 Å². The summed E-state index contributed by atoms with van der Waals surface area (Å²) in [6.07, 6.45) is 0.162. The first-order valence-corrected chi connectivity index (χ1v) is 14.7. The fourth-order valence-electron chi connectivity index (χ4n) is 3.95. The highest BCUT2D eigenvalue weighted by atomic mass is 127. The number of hydrogen-bond acceptors (Lipinski definition) is 5. The van der Waals surface area contributed by atoms with Crippen LogP contribution in [0.4, 0.5) is 0 Å². The Bertz CT molecular complexity index is 1430. The molecule has 4 aromatic rings. The molecule has 2 atom stereocenters. The Morgan fingerprint density at radius 2 is 1.76 bits per heavy atom. The largest absolute Gasteiger partial charge is 0.489 e. The molecule has 1 N–H and O–H groups in total. The summed E-state index contributed by atoms with van der Waals surface area (Å²) in [5.74, 6) is 1.07. The Balaban J connectivity index is 1.60. The minimum Gasteiger partial charge on any atom is -0.489 e. The molecule has 0 saturated carbocycles. The SMILES string of the molecule is CCOC(=O)Cc1ccccc1OCc1cc(I)c2oc(C(NS(=O)C(C)(C)C)c3ccccc3)cc2c1. The van der Waals surface area contributed by atoms with E-state index in [1.807, 2.05) is 93.6 Å². The first-order valence-electron chi connectivity index (χ1n) is 12.5. The van der Waals surface area contributed by atoms with Gasteiger partial charge in [-0.3, -0.25) is 4.79 Å². The lowest BCUT2D eigenvalue weighted by molar-refractivity contribution is -0.142. The number of fused-ring (bicyclic) bond motifs is 1. The fourth-order valence-corrected chi connectivity index (χ4v) is 5.59. The van der Waals surface area contributed by atoms with E-state index in [0.29, 0.717) is 24.7 Å². The maximum Gasteiger partial charge on any atom is 0.310 e. The topological polar surface area (TPSA) is 77.8 Å². The zero-order valence-corrected chi connectivity index (χ0v) is 24.9. The maximum absolute atomic E-state index is 13.0. The number of nitrogens with one attached hydrogen (secondary N) is 1. The zero-order valence-electron chi connectivity index (χ0n) is 22.0. The fraction of sp³-hybridized carbons (Fsp3) is 0.300. The lowest BCUT2D eigenvalue weighted by Gasteiger charge is -2.23. The van der Waals surface area contributed by atoms with Crippen LogP contribution < -0.4 is 9.46 Å². The molecule has 0 bridgehead atoms. The number of carbonyl (C=O) groups excluding carboxylic acids is 1. The van der Waals surface area contributed by atoms with E-state index in [-0.39, 0.29) is 18.4 Å². The van der Waals surface area contributed by atoms with Gasteiger partial charge in [0.2, 0.25) is 0 Å². The summed E-state index contributed by atoms with van der Waals surface area (Å²) in [5.41, 5.74) is 3.51. The molecule has 1 heterocycles. The Kier molecular flexibility index (Phi) is 9.27. The number of furan rings is 1. The van der Waals surface area contributed by atoms with Crippen LogP contribution in [0.15, 0.2) is 77.2 Å². The molecule has 2 unspecified atom stereocenters. The zero-order chi connectivity index (χ0) is 27.3. The first-order chi connectivity index (χ1) is 18.2. The third-order valence-corrected chi connectivity index (χ3v) is 8.22. The molecule has 4 rings (SSSR count). The highest BCUT2D eigenvalue weighted by Crippen LogP contribution is 2.33. The van der Waals surface area contributed by atoms with Crippen molar-refractivity contribution in [3.05, 3.63) is 98.8 Å². The molecule has 8 heteroatoms. The van der Waals surface area contributed by atoms with Gasteiger partial charge in [0.05, 0.1) is 32.3 Å². The van der Waals surface area contributed by atoms with E-state index in [9.17, 15) is 9.00 Å². The highest BCUT2D eigenvalue weighted by molar-refractivity contribution is 14.1. The summed E-state index contributed by atoms with van der Waals surface area (Å²) in [4.78, 5) is 12.0. The molecule has 0 spiro atoms. The van der Waals surface area contributed by atoms with Gasteiger partial charge in [0.25, 0.3) is 0 Å². The molecule has 0 radical (unpaired) electrons. The molecule has 200 valence electrons. The van der Waals surface area contributed by atoms with Gasteiger partial charge in [-0.1, -0.05) is 48.5 Å². The number of ether oxygens (including phenoxy) is 2. The van der Waals surface area contributed by atoms with Gasteiger partial charge in [-0.15, -0.1) is 0 Å². The standard InChI is InChI=1S/C30H32INO5S/c1-5-35-27(33)18-22-13-9-10-14-25(22)36-19-20-15-23-17-26(37-29(23)24(31)16-20)28(21-11-7-6-8-12-21)32-38(34)30(2,3)4/h6-17,28,32H,5,18-19H2,1-4H3. The summed E-state index contributed by atoms with van der Waals surface area (Å²) in [7, 11) is -1.30. The summed E-state index contributed by atoms with van der Waals surface area (Å²) in [6.45, 7) is 8.30. The molecule has 6 nitrogen and oxygen atoms in total. The molecular weight excluding hydrogens is 613 g/mol. The molecule has 0 aliphatic rings. The van der Waals surface area contributed by atoms with Crippen LogP contribution in [0.25, 0.3) is 11.0 Å². The Hall–Kier alpha value is -2.69. The molecule has 0 saturated heterocycles.